The zero-order valence-corrected chi connectivity index (χ0v) is 14.6. The van der Waals surface area contributed by atoms with E-state index in [9.17, 15) is 0 Å². The number of aryl methyl sites for hydroxylation is 1. The molecule has 0 saturated heterocycles. The number of nitrogens with zero attached hydrogens (tertiary/aromatic N) is 3. The van der Waals surface area contributed by atoms with E-state index in [0.29, 0.717) is 13.0 Å². The molecule has 0 fully saturated rings. The summed E-state index contributed by atoms with van der Waals surface area (Å²) in [6.07, 6.45) is 7.43. The van der Waals surface area contributed by atoms with Gasteiger partial charge >= 0.3 is 0 Å². The van der Waals surface area contributed by atoms with Gasteiger partial charge in [-0.05, 0) is 36.5 Å². The summed E-state index contributed by atoms with van der Waals surface area (Å²) in [6, 6.07) is 10.8. The molecule has 0 saturated carbocycles. The molecule has 0 bridgehead atoms. The predicted molar refractivity (Wildman–Crippen MR) is 104 cm³/mol. The van der Waals surface area contributed by atoms with E-state index in [4.69, 9.17) is 5.73 Å². The molecule has 1 aliphatic carbocycles. The maximum Gasteiger partial charge on any atom is 0.156 e. The number of pyridine rings is 1. The normalized spacial score (nSPS) is 15.8. The third-order valence-electron chi connectivity index (χ3n) is 4.66. The van der Waals surface area contributed by atoms with Crippen LogP contribution in [-0.2, 0) is 6.42 Å². The van der Waals surface area contributed by atoms with Crippen LogP contribution in [0.3, 0.4) is 0 Å². The first-order chi connectivity index (χ1) is 12.8. The number of hydrogen-bond donors (Lipinski definition) is 2. The Balaban J connectivity index is 1.65. The maximum absolute atomic E-state index is 5.48. The van der Waals surface area contributed by atoms with E-state index in [1.54, 1.807) is 12.5 Å². The fraction of sp³-hybridized carbons (Fsp3) is 0.286. The molecule has 0 spiro atoms. The summed E-state index contributed by atoms with van der Waals surface area (Å²) in [5, 5.41) is 3.59. The van der Waals surface area contributed by atoms with E-state index in [-0.39, 0.29) is 6.04 Å². The van der Waals surface area contributed by atoms with E-state index in [1.165, 1.54) is 17.5 Å². The summed E-state index contributed by atoms with van der Waals surface area (Å²) < 4.78 is 0. The van der Waals surface area contributed by atoms with Crippen molar-refractivity contribution < 1.29 is 0 Å². The molecule has 1 aliphatic rings. The third kappa shape index (κ3) is 3.37. The number of nitrogens with two attached hydrogens (primary N) is 1. The molecular formula is C21H21N5. The largest absolute Gasteiger partial charge is 0.361 e. The Kier molecular flexibility index (Phi) is 4.76. The fourth-order valence-electron chi connectivity index (χ4n) is 3.42. The van der Waals surface area contributed by atoms with Gasteiger partial charge in [0.2, 0.25) is 0 Å². The molecule has 0 aliphatic heterocycles. The summed E-state index contributed by atoms with van der Waals surface area (Å²) in [7, 11) is 0. The Hall–Kier alpha value is -2.97. The van der Waals surface area contributed by atoms with Gasteiger partial charge in [0.15, 0.2) is 5.82 Å². The summed E-state index contributed by atoms with van der Waals surface area (Å²) in [5.74, 6) is 6.89. The molecular weight excluding hydrogens is 322 g/mol. The lowest BCUT2D eigenvalue weighted by atomic mass is 9.88. The molecule has 5 heteroatoms. The quantitative estimate of drug-likeness (QED) is 0.714. The summed E-state index contributed by atoms with van der Waals surface area (Å²) in [4.78, 5) is 13.4. The van der Waals surface area contributed by atoms with Gasteiger partial charge in [-0.3, -0.25) is 0 Å². The van der Waals surface area contributed by atoms with Crippen molar-refractivity contribution in [3.8, 4) is 11.8 Å². The number of fused-ring (bicyclic) bond motifs is 2. The van der Waals surface area contributed by atoms with Crippen molar-refractivity contribution >= 4 is 16.9 Å². The molecule has 26 heavy (non-hydrogen) atoms. The molecule has 0 radical (unpaired) electrons. The van der Waals surface area contributed by atoms with Gasteiger partial charge in [0.1, 0.15) is 11.8 Å². The average Bonchev–Trinajstić information content (AvgIpc) is 2.68. The van der Waals surface area contributed by atoms with E-state index < -0.39 is 0 Å². The summed E-state index contributed by atoms with van der Waals surface area (Å²) in [6.45, 7) is 0.563. The highest BCUT2D eigenvalue weighted by Gasteiger charge is 2.21. The van der Waals surface area contributed by atoms with Crippen molar-refractivity contribution in [3.63, 3.8) is 0 Å². The van der Waals surface area contributed by atoms with Crippen LogP contribution in [-0.4, -0.2) is 21.5 Å². The summed E-state index contributed by atoms with van der Waals surface area (Å²) in [5.41, 5.74) is 10.7. The van der Waals surface area contributed by atoms with Crippen LogP contribution in [0.15, 0.2) is 42.9 Å². The lowest BCUT2D eigenvalue weighted by molar-refractivity contribution is 0.599. The predicted octanol–water partition coefficient (Wildman–Crippen LogP) is 3.21. The molecule has 2 heterocycles. The topological polar surface area (TPSA) is 76.7 Å². The van der Waals surface area contributed by atoms with E-state index in [0.717, 1.165) is 35.3 Å². The van der Waals surface area contributed by atoms with Crippen LogP contribution in [0.5, 0.6) is 0 Å². The molecule has 3 N–H and O–H groups in total. The maximum atomic E-state index is 5.48. The second-order valence-corrected chi connectivity index (χ2v) is 6.44. The molecule has 3 aromatic rings. The van der Waals surface area contributed by atoms with Gasteiger partial charge in [0, 0.05) is 24.7 Å². The van der Waals surface area contributed by atoms with E-state index >= 15 is 0 Å². The van der Waals surface area contributed by atoms with Crippen LogP contribution in [0.2, 0.25) is 0 Å². The van der Waals surface area contributed by atoms with Crippen LogP contribution < -0.4 is 11.1 Å². The second kappa shape index (κ2) is 7.51. The van der Waals surface area contributed by atoms with Crippen LogP contribution >= 0.6 is 0 Å². The molecule has 5 nitrogen and oxygen atoms in total. The van der Waals surface area contributed by atoms with Gasteiger partial charge in [0.25, 0.3) is 0 Å². The number of hydrogen-bond acceptors (Lipinski definition) is 5. The first-order valence-electron chi connectivity index (χ1n) is 8.99. The molecule has 1 atom stereocenters. The Morgan fingerprint density at radius 3 is 3.04 bits per heavy atom. The first kappa shape index (κ1) is 16.5. The van der Waals surface area contributed by atoms with Gasteiger partial charge in [0.05, 0.1) is 11.6 Å². The number of rotatable bonds is 3. The summed E-state index contributed by atoms with van der Waals surface area (Å²) >= 11 is 0. The average molecular weight is 343 g/mol. The molecule has 1 aromatic carbocycles. The fourth-order valence-corrected chi connectivity index (χ4v) is 3.42. The molecule has 1 unspecified atom stereocenters. The Bertz CT molecular complexity index is 986. The zero-order valence-electron chi connectivity index (χ0n) is 14.6. The van der Waals surface area contributed by atoms with Crippen LogP contribution in [0, 0.1) is 11.8 Å². The van der Waals surface area contributed by atoms with Crippen molar-refractivity contribution in [1.29, 1.82) is 0 Å². The second-order valence-electron chi connectivity index (χ2n) is 6.44. The molecule has 130 valence electrons. The van der Waals surface area contributed by atoms with Gasteiger partial charge < -0.3 is 11.1 Å². The van der Waals surface area contributed by atoms with Gasteiger partial charge in [-0.2, -0.15) is 0 Å². The molecule has 4 rings (SSSR count). The highest BCUT2D eigenvalue weighted by atomic mass is 15.1. The monoisotopic (exact) mass is 343 g/mol. The highest BCUT2D eigenvalue weighted by Crippen LogP contribution is 2.33. The Labute approximate surface area is 153 Å². The lowest BCUT2D eigenvalue weighted by Gasteiger charge is -2.26. The van der Waals surface area contributed by atoms with Gasteiger partial charge in [-0.25, -0.2) is 15.0 Å². The number of aromatic nitrogens is 3. The molecule has 0 amide bonds. The van der Waals surface area contributed by atoms with Crippen molar-refractivity contribution in [2.75, 3.05) is 11.9 Å². The Morgan fingerprint density at radius 1 is 1.19 bits per heavy atom. The van der Waals surface area contributed by atoms with Crippen molar-refractivity contribution in [2.45, 2.75) is 31.7 Å². The highest BCUT2D eigenvalue weighted by molar-refractivity contribution is 5.85. The van der Waals surface area contributed by atoms with Gasteiger partial charge in [-0.15, -0.1) is 0 Å². The SMILES string of the molecule is NCCC#Cc1cnc2c(NC3CCCc4ccccc43)ncnc2c1. The number of anilines is 1. The van der Waals surface area contributed by atoms with Crippen molar-refractivity contribution in [3.05, 3.63) is 59.5 Å². The number of nitrogens with one attached hydrogen (secondary N) is 1. The minimum atomic E-state index is 0.254. The lowest BCUT2D eigenvalue weighted by Crippen LogP contribution is -2.18. The van der Waals surface area contributed by atoms with E-state index in [1.807, 2.05) is 6.07 Å². The Morgan fingerprint density at radius 2 is 2.12 bits per heavy atom. The first-order valence-corrected chi connectivity index (χ1v) is 8.99. The van der Waals surface area contributed by atoms with Crippen LogP contribution in [0.25, 0.3) is 11.0 Å². The van der Waals surface area contributed by atoms with Crippen LogP contribution in [0.4, 0.5) is 5.82 Å². The third-order valence-corrected chi connectivity index (χ3v) is 4.66. The van der Waals surface area contributed by atoms with Crippen molar-refractivity contribution in [1.82, 2.24) is 15.0 Å². The van der Waals surface area contributed by atoms with Gasteiger partial charge in [-0.1, -0.05) is 36.1 Å². The number of benzene rings is 1. The minimum Gasteiger partial charge on any atom is -0.361 e. The standard InChI is InChI=1S/C21H21N5/c22-11-4-3-6-15-12-19-20(23-13-15)21(25-14-24-19)26-18-10-5-8-16-7-1-2-9-17(16)18/h1-2,7,9,12-14,18H,4-5,8,10-11,22H2,(H,24,25,26). The van der Waals surface area contributed by atoms with Crippen molar-refractivity contribution in [2.24, 2.45) is 5.73 Å². The van der Waals surface area contributed by atoms with Crippen LogP contribution in [0.1, 0.15) is 42.0 Å². The zero-order chi connectivity index (χ0) is 17.8. The minimum absolute atomic E-state index is 0.254. The molecule has 2 aromatic heterocycles. The van der Waals surface area contributed by atoms with E-state index in [2.05, 4.69) is 56.4 Å². The smallest absolute Gasteiger partial charge is 0.156 e.